The number of amides is 1. The van der Waals surface area contributed by atoms with Crippen LogP contribution < -0.4 is 9.64 Å². The number of terminal acetylenes is 1. The standard InChI is InChI=1S/C32H25BrFN5O2/c1-3-22-12-11-21(13-30(22)41-2)16-38-20-35-15-23(38)14-32(40)39-19-31-36-28(24-7-4-5-8-26(24)33)18-37(31)17-25-27(34)9-6-10-29(25)39/h1,4-13,15,18,20H,14,16-17,19H2,2H3. The highest BCUT2D eigenvalue weighted by molar-refractivity contribution is 9.10. The Balaban J connectivity index is 1.31. The summed E-state index contributed by atoms with van der Waals surface area (Å²) in [6, 6.07) is 18.3. The Labute approximate surface area is 245 Å². The maximum absolute atomic E-state index is 15.2. The van der Waals surface area contributed by atoms with Crippen LogP contribution in [0.3, 0.4) is 0 Å². The van der Waals surface area contributed by atoms with Crippen LogP contribution in [0.2, 0.25) is 0 Å². The number of methoxy groups -OCH3 is 1. The number of hydrogen-bond donors (Lipinski definition) is 0. The lowest BCUT2D eigenvalue weighted by molar-refractivity contribution is -0.118. The molecule has 3 heterocycles. The van der Waals surface area contributed by atoms with Crippen LogP contribution in [0.4, 0.5) is 10.1 Å². The Morgan fingerprint density at radius 2 is 2.00 bits per heavy atom. The lowest BCUT2D eigenvalue weighted by Gasteiger charge is -2.23. The molecule has 1 aliphatic rings. The van der Waals surface area contributed by atoms with E-state index in [4.69, 9.17) is 16.1 Å². The summed E-state index contributed by atoms with van der Waals surface area (Å²) in [6.45, 7) is 0.958. The average Bonchev–Trinajstić information content (AvgIpc) is 3.55. The molecule has 0 unspecified atom stereocenters. The van der Waals surface area contributed by atoms with Gasteiger partial charge in [0.15, 0.2) is 0 Å². The zero-order valence-corrected chi connectivity index (χ0v) is 23.8. The van der Waals surface area contributed by atoms with Gasteiger partial charge in [0.25, 0.3) is 0 Å². The fourth-order valence-electron chi connectivity index (χ4n) is 5.13. The number of aromatic nitrogens is 4. The van der Waals surface area contributed by atoms with Gasteiger partial charge in [-0.3, -0.25) is 4.79 Å². The first-order valence-electron chi connectivity index (χ1n) is 13.0. The average molecular weight is 610 g/mol. The number of hydrogen-bond acceptors (Lipinski definition) is 4. The molecule has 9 heteroatoms. The summed E-state index contributed by atoms with van der Waals surface area (Å²) in [5.41, 5.74) is 5.03. The Kier molecular flexibility index (Phi) is 7.16. The quantitative estimate of drug-likeness (QED) is 0.227. The van der Waals surface area contributed by atoms with Crippen molar-refractivity contribution in [3.05, 3.63) is 118 Å². The second-order valence-corrected chi connectivity index (χ2v) is 10.6. The molecule has 0 saturated heterocycles. The van der Waals surface area contributed by atoms with Crippen LogP contribution in [-0.2, 0) is 30.8 Å². The summed E-state index contributed by atoms with van der Waals surface area (Å²) in [5, 5.41) is 0. The molecule has 0 bridgehead atoms. The van der Waals surface area contributed by atoms with Crippen molar-refractivity contribution in [3.63, 3.8) is 0 Å². The van der Waals surface area contributed by atoms with E-state index in [1.54, 1.807) is 36.7 Å². The van der Waals surface area contributed by atoms with Crippen molar-refractivity contribution < 1.29 is 13.9 Å². The third-order valence-electron chi connectivity index (χ3n) is 7.23. The first-order chi connectivity index (χ1) is 19.9. The smallest absolute Gasteiger partial charge is 0.233 e. The monoisotopic (exact) mass is 609 g/mol. The number of carbonyl (C=O) groups excluding carboxylic acids is 1. The van der Waals surface area contributed by atoms with Gasteiger partial charge in [0.05, 0.1) is 49.9 Å². The minimum absolute atomic E-state index is 0.0767. The number of nitrogens with zero attached hydrogens (tertiary/aromatic N) is 5. The minimum atomic E-state index is -0.362. The molecule has 0 fully saturated rings. The van der Waals surface area contributed by atoms with E-state index in [0.29, 0.717) is 34.9 Å². The summed E-state index contributed by atoms with van der Waals surface area (Å²) < 4.78 is 25.3. The second-order valence-electron chi connectivity index (χ2n) is 9.74. The van der Waals surface area contributed by atoms with E-state index in [0.717, 1.165) is 27.0 Å². The number of fused-ring (bicyclic) bond motifs is 2. The maximum Gasteiger partial charge on any atom is 0.233 e. The molecular weight excluding hydrogens is 585 g/mol. The summed E-state index contributed by atoms with van der Waals surface area (Å²) in [7, 11) is 1.58. The van der Waals surface area contributed by atoms with Gasteiger partial charge in [-0.05, 0) is 35.9 Å². The molecule has 0 atom stereocenters. The lowest BCUT2D eigenvalue weighted by atomic mass is 10.1. The van der Waals surface area contributed by atoms with Crippen molar-refractivity contribution in [2.75, 3.05) is 12.0 Å². The van der Waals surface area contributed by atoms with E-state index >= 15 is 4.39 Å². The molecule has 0 spiro atoms. The molecule has 2 aromatic heterocycles. The van der Waals surface area contributed by atoms with Crippen molar-refractivity contribution in [2.24, 2.45) is 0 Å². The summed E-state index contributed by atoms with van der Waals surface area (Å²) in [4.78, 5) is 24.7. The third kappa shape index (κ3) is 5.14. The maximum atomic E-state index is 15.2. The van der Waals surface area contributed by atoms with Gasteiger partial charge in [0, 0.05) is 40.2 Å². The fraction of sp³-hybridized carbons (Fsp3) is 0.156. The predicted molar refractivity (Wildman–Crippen MR) is 158 cm³/mol. The second kappa shape index (κ2) is 11.1. The van der Waals surface area contributed by atoms with Crippen molar-refractivity contribution >= 4 is 27.5 Å². The van der Waals surface area contributed by atoms with Crippen LogP contribution in [0.15, 0.2) is 83.9 Å². The van der Waals surface area contributed by atoms with E-state index < -0.39 is 0 Å². The Hall–Kier alpha value is -4.68. The summed E-state index contributed by atoms with van der Waals surface area (Å²) >= 11 is 3.60. The Bertz CT molecular complexity index is 1820. The lowest BCUT2D eigenvalue weighted by Crippen LogP contribution is -2.33. The molecule has 0 saturated carbocycles. The molecule has 1 aliphatic heterocycles. The van der Waals surface area contributed by atoms with Crippen molar-refractivity contribution in [1.29, 1.82) is 0 Å². The van der Waals surface area contributed by atoms with Crippen LogP contribution in [0, 0.1) is 18.2 Å². The van der Waals surface area contributed by atoms with Gasteiger partial charge in [-0.25, -0.2) is 14.4 Å². The Morgan fingerprint density at radius 3 is 2.80 bits per heavy atom. The van der Waals surface area contributed by atoms with Gasteiger partial charge >= 0.3 is 0 Å². The molecule has 1 amide bonds. The highest BCUT2D eigenvalue weighted by Gasteiger charge is 2.28. The number of anilines is 1. The first-order valence-corrected chi connectivity index (χ1v) is 13.8. The zero-order valence-electron chi connectivity index (χ0n) is 22.2. The molecular formula is C32H25BrFN5O2. The third-order valence-corrected chi connectivity index (χ3v) is 7.92. The van der Waals surface area contributed by atoms with E-state index in [1.165, 1.54) is 6.07 Å². The number of ether oxygens (including phenoxy) is 1. The molecule has 3 aromatic carbocycles. The van der Waals surface area contributed by atoms with E-state index in [9.17, 15) is 4.79 Å². The van der Waals surface area contributed by atoms with Gasteiger partial charge in [-0.15, -0.1) is 6.42 Å². The van der Waals surface area contributed by atoms with Gasteiger partial charge in [-0.1, -0.05) is 52.2 Å². The molecule has 0 aliphatic carbocycles. The Morgan fingerprint density at radius 1 is 1.15 bits per heavy atom. The minimum Gasteiger partial charge on any atom is -0.495 e. The van der Waals surface area contributed by atoms with Crippen molar-refractivity contribution in [3.8, 4) is 29.4 Å². The highest BCUT2D eigenvalue weighted by Crippen LogP contribution is 2.33. The molecule has 0 N–H and O–H groups in total. The van der Waals surface area contributed by atoms with Crippen molar-refractivity contribution in [1.82, 2.24) is 19.1 Å². The van der Waals surface area contributed by atoms with Crippen molar-refractivity contribution in [2.45, 2.75) is 26.1 Å². The van der Waals surface area contributed by atoms with Gasteiger partial charge in [-0.2, -0.15) is 0 Å². The zero-order chi connectivity index (χ0) is 28.5. The fourth-order valence-corrected chi connectivity index (χ4v) is 5.62. The van der Waals surface area contributed by atoms with Gasteiger partial charge in [0.1, 0.15) is 17.4 Å². The largest absolute Gasteiger partial charge is 0.495 e. The van der Waals surface area contributed by atoms with Crippen LogP contribution in [0.1, 0.15) is 28.2 Å². The number of halogens is 2. The van der Waals surface area contributed by atoms with Crippen LogP contribution in [0.25, 0.3) is 11.3 Å². The summed E-state index contributed by atoms with van der Waals surface area (Å²) in [5.74, 6) is 3.36. The number of benzene rings is 3. The molecule has 0 radical (unpaired) electrons. The molecule has 41 heavy (non-hydrogen) atoms. The topological polar surface area (TPSA) is 65.2 Å². The normalized spacial score (nSPS) is 12.3. The number of imidazole rings is 2. The van der Waals surface area contributed by atoms with Gasteiger partial charge < -0.3 is 18.8 Å². The number of rotatable bonds is 6. The van der Waals surface area contributed by atoms with Crippen LogP contribution in [-0.4, -0.2) is 32.1 Å². The molecule has 7 nitrogen and oxygen atoms in total. The number of carbonyl (C=O) groups is 1. The summed E-state index contributed by atoms with van der Waals surface area (Å²) in [6.07, 6.45) is 10.9. The highest BCUT2D eigenvalue weighted by atomic mass is 79.9. The van der Waals surface area contributed by atoms with Gasteiger partial charge in [0.2, 0.25) is 5.91 Å². The van der Waals surface area contributed by atoms with E-state index in [1.807, 2.05) is 57.8 Å². The van der Waals surface area contributed by atoms with E-state index in [2.05, 4.69) is 26.8 Å². The molecule has 6 rings (SSSR count). The van der Waals surface area contributed by atoms with Crippen LogP contribution >= 0.6 is 15.9 Å². The predicted octanol–water partition coefficient (Wildman–Crippen LogP) is 5.82. The van der Waals surface area contributed by atoms with Crippen LogP contribution in [0.5, 0.6) is 5.75 Å². The first kappa shape index (κ1) is 26.5. The molecule has 5 aromatic rings. The molecule has 204 valence electrons. The van der Waals surface area contributed by atoms with E-state index in [-0.39, 0.29) is 31.2 Å². The SMILES string of the molecule is C#Cc1ccc(Cn2cncc2CC(=O)N2Cc3nc(-c4ccccc4Br)cn3Cc3c(F)cccc32)cc1OC.